The summed E-state index contributed by atoms with van der Waals surface area (Å²) in [6.45, 7) is 0.786. The van der Waals surface area contributed by atoms with Crippen molar-refractivity contribution in [2.75, 3.05) is 19.7 Å². The van der Waals surface area contributed by atoms with Crippen LogP contribution in [0.15, 0.2) is 40.9 Å². The zero-order valence-electron chi connectivity index (χ0n) is 15.3. The molecule has 1 fully saturated rings. The summed E-state index contributed by atoms with van der Waals surface area (Å²) in [5, 5.41) is 7.83. The maximum atomic E-state index is 12.0. The molecule has 0 saturated heterocycles. The number of fused-ring (bicyclic) bond motifs is 1. The van der Waals surface area contributed by atoms with Gasteiger partial charge in [-0.15, -0.1) is 0 Å². The molecule has 27 heavy (non-hydrogen) atoms. The lowest BCUT2D eigenvalue weighted by molar-refractivity contribution is -0.126. The minimum atomic E-state index is -0.207. The van der Waals surface area contributed by atoms with Crippen LogP contribution in [-0.2, 0) is 9.59 Å². The molecule has 5 nitrogen and oxygen atoms in total. The van der Waals surface area contributed by atoms with Gasteiger partial charge in [0.15, 0.2) is 6.61 Å². The minimum Gasteiger partial charge on any atom is -0.483 e. The van der Waals surface area contributed by atoms with Crippen LogP contribution in [0, 0.1) is 5.92 Å². The molecule has 0 aliphatic heterocycles. The van der Waals surface area contributed by atoms with Crippen molar-refractivity contribution < 1.29 is 14.3 Å². The maximum absolute atomic E-state index is 12.0. The van der Waals surface area contributed by atoms with Gasteiger partial charge in [-0.05, 0) is 45.6 Å². The molecule has 1 aliphatic rings. The van der Waals surface area contributed by atoms with Crippen LogP contribution in [0.25, 0.3) is 10.8 Å². The summed E-state index contributed by atoms with van der Waals surface area (Å²) in [6.07, 6.45) is 5.46. The zero-order valence-corrected chi connectivity index (χ0v) is 16.9. The SMILES string of the molecule is O=C(COc1ccc2ccccc2c1Br)NCCNC(=O)C1CCCCC1. The minimum absolute atomic E-state index is 0.0620. The highest BCUT2D eigenvalue weighted by molar-refractivity contribution is 9.10. The first kappa shape index (κ1) is 19.7. The van der Waals surface area contributed by atoms with Crippen LogP contribution in [0.2, 0.25) is 0 Å². The molecule has 2 N–H and O–H groups in total. The third kappa shape index (κ3) is 5.45. The van der Waals surface area contributed by atoms with Crippen LogP contribution >= 0.6 is 15.9 Å². The van der Waals surface area contributed by atoms with E-state index in [-0.39, 0.29) is 24.3 Å². The van der Waals surface area contributed by atoms with E-state index in [0.29, 0.717) is 18.8 Å². The molecule has 2 amide bonds. The fourth-order valence-corrected chi connectivity index (χ4v) is 4.02. The molecular formula is C21H25BrN2O3. The first-order valence-corrected chi connectivity index (χ1v) is 10.3. The smallest absolute Gasteiger partial charge is 0.258 e. The van der Waals surface area contributed by atoms with Crippen molar-refractivity contribution in [3.8, 4) is 5.75 Å². The van der Waals surface area contributed by atoms with E-state index in [1.807, 2.05) is 36.4 Å². The van der Waals surface area contributed by atoms with Crippen LogP contribution < -0.4 is 15.4 Å². The molecule has 0 radical (unpaired) electrons. The lowest BCUT2D eigenvalue weighted by Gasteiger charge is -2.20. The van der Waals surface area contributed by atoms with E-state index in [4.69, 9.17) is 4.74 Å². The molecule has 2 aromatic carbocycles. The van der Waals surface area contributed by atoms with Gasteiger partial charge in [-0.3, -0.25) is 9.59 Å². The number of nitrogens with one attached hydrogen (secondary N) is 2. The Balaban J connectivity index is 1.38. The van der Waals surface area contributed by atoms with Crippen molar-refractivity contribution in [2.45, 2.75) is 32.1 Å². The number of amides is 2. The number of benzene rings is 2. The Bertz CT molecular complexity index is 803. The van der Waals surface area contributed by atoms with Crippen molar-refractivity contribution in [1.82, 2.24) is 10.6 Å². The van der Waals surface area contributed by atoms with E-state index in [0.717, 1.165) is 40.9 Å². The number of ether oxygens (including phenoxy) is 1. The van der Waals surface area contributed by atoms with Crippen molar-refractivity contribution in [3.05, 3.63) is 40.9 Å². The quantitative estimate of drug-likeness (QED) is 0.653. The lowest BCUT2D eigenvalue weighted by Crippen LogP contribution is -2.39. The van der Waals surface area contributed by atoms with Gasteiger partial charge in [0.05, 0.1) is 4.47 Å². The monoisotopic (exact) mass is 432 g/mol. The second kappa shape index (κ2) is 9.74. The summed E-state index contributed by atoms with van der Waals surface area (Å²) < 4.78 is 6.47. The molecule has 3 rings (SSSR count). The van der Waals surface area contributed by atoms with Gasteiger partial charge in [-0.25, -0.2) is 0 Å². The first-order valence-electron chi connectivity index (χ1n) is 9.49. The fourth-order valence-electron chi connectivity index (χ4n) is 3.42. The Morgan fingerprint density at radius 3 is 2.56 bits per heavy atom. The molecule has 0 atom stereocenters. The summed E-state index contributed by atoms with van der Waals surface area (Å²) in [4.78, 5) is 24.0. The highest BCUT2D eigenvalue weighted by Crippen LogP contribution is 2.32. The number of carbonyl (C=O) groups excluding carboxylic acids is 2. The molecule has 144 valence electrons. The van der Waals surface area contributed by atoms with E-state index in [1.165, 1.54) is 6.42 Å². The van der Waals surface area contributed by atoms with Gasteiger partial charge in [-0.1, -0.05) is 49.6 Å². The van der Waals surface area contributed by atoms with Crippen LogP contribution in [0.1, 0.15) is 32.1 Å². The number of rotatable bonds is 7. The average Bonchev–Trinajstić information content (AvgIpc) is 2.71. The highest BCUT2D eigenvalue weighted by atomic mass is 79.9. The summed E-state index contributed by atoms with van der Waals surface area (Å²) in [5.74, 6) is 0.680. The second-order valence-corrected chi connectivity index (χ2v) is 7.66. The molecule has 0 aromatic heterocycles. The van der Waals surface area contributed by atoms with Gasteiger partial charge in [0.25, 0.3) is 5.91 Å². The summed E-state index contributed by atoms with van der Waals surface area (Å²) >= 11 is 3.55. The molecule has 0 spiro atoms. The predicted molar refractivity (Wildman–Crippen MR) is 110 cm³/mol. The van der Waals surface area contributed by atoms with Crippen molar-refractivity contribution in [1.29, 1.82) is 0 Å². The van der Waals surface area contributed by atoms with Crippen molar-refractivity contribution >= 4 is 38.5 Å². The number of hydrogen-bond donors (Lipinski definition) is 2. The second-order valence-electron chi connectivity index (χ2n) is 6.86. The summed E-state index contributed by atoms with van der Waals surface area (Å²) in [5.41, 5.74) is 0. The van der Waals surface area contributed by atoms with Crippen LogP contribution in [0.3, 0.4) is 0 Å². The Morgan fingerprint density at radius 2 is 1.74 bits per heavy atom. The molecule has 1 aliphatic carbocycles. The number of carbonyl (C=O) groups is 2. The first-order chi connectivity index (χ1) is 13.1. The third-order valence-electron chi connectivity index (χ3n) is 4.91. The van der Waals surface area contributed by atoms with E-state index >= 15 is 0 Å². The van der Waals surface area contributed by atoms with Gasteiger partial charge >= 0.3 is 0 Å². The number of hydrogen-bond acceptors (Lipinski definition) is 3. The standard InChI is InChI=1S/C21H25BrN2O3/c22-20-17-9-5-4-6-15(17)10-11-18(20)27-14-19(25)23-12-13-24-21(26)16-7-2-1-3-8-16/h4-6,9-11,16H,1-3,7-8,12-14H2,(H,23,25)(H,24,26). The van der Waals surface area contributed by atoms with Gasteiger partial charge in [0, 0.05) is 19.0 Å². The average molecular weight is 433 g/mol. The molecule has 0 unspecified atom stereocenters. The maximum Gasteiger partial charge on any atom is 0.258 e. The molecule has 0 heterocycles. The molecular weight excluding hydrogens is 408 g/mol. The predicted octanol–water partition coefficient (Wildman–Crippen LogP) is 3.79. The highest BCUT2D eigenvalue weighted by Gasteiger charge is 2.20. The van der Waals surface area contributed by atoms with Gasteiger partial charge in [0.1, 0.15) is 5.75 Å². The van der Waals surface area contributed by atoms with Crippen molar-refractivity contribution in [3.63, 3.8) is 0 Å². The fraction of sp³-hybridized carbons (Fsp3) is 0.429. The number of halogens is 1. The molecule has 2 aromatic rings. The Labute approximate surface area is 168 Å². The summed E-state index contributed by atoms with van der Waals surface area (Å²) in [7, 11) is 0. The Morgan fingerprint density at radius 1 is 1.00 bits per heavy atom. The largest absolute Gasteiger partial charge is 0.483 e. The normalized spacial score (nSPS) is 14.7. The molecule has 0 bridgehead atoms. The molecule has 6 heteroatoms. The zero-order chi connectivity index (χ0) is 19.1. The van der Waals surface area contributed by atoms with Gasteiger partial charge < -0.3 is 15.4 Å². The third-order valence-corrected chi connectivity index (χ3v) is 5.73. The topological polar surface area (TPSA) is 67.4 Å². The van der Waals surface area contributed by atoms with Crippen LogP contribution in [0.4, 0.5) is 0 Å². The van der Waals surface area contributed by atoms with E-state index < -0.39 is 0 Å². The van der Waals surface area contributed by atoms with E-state index in [1.54, 1.807) is 0 Å². The summed E-state index contributed by atoms with van der Waals surface area (Å²) in [6, 6.07) is 11.8. The van der Waals surface area contributed by atoms with Gasteiger partial charge in [0.2, 0.25) is 5.91 Å². The lowest BCUT2D eigenvalue weighted by atomic mass is 9.89. The Hall–Kier alpha value is -2.08. The van der Waals surface area contributed by atoms with Crippen LogP contribution in [0.5, 0.6) is 5.75 Å². The Kier molecular flexibility index (Phi) is 7.10. The van der Waals surface area contributed by atoms with E-state index in [9.17, 15) is 9.59 Å². The van der Waals surface area contributed by atoms with Crippen LogP contribution in [-0.4, -0.2) is 31.5 Å². The van der Waals surface area contributed by atoms with E-state index in [2.05, 4.69) is 26.6 Å². The van der Waals surface area contributed by atoms with Crippen molar-refractivity contribution in [2.24, 2.45) is 5.92 Å². The van der Waals surface area contributed by atoms with Gasteiger partial charge in [-0.2, -0.15) is 0 Å². The molecule has 1 saturated carbocycles.